The van der Waals surface area contributed by atoms with Crippen molar-refractivity contribution < 1.29 is 13.2 Å². The number of carbonyl (C=O) groups is 1. The van der Waals surface area contributed by atoms with Crippen molar-refractivity contribution in [1.82, 2.24) is 24.8 Å². The molecule has 2 heterocycles. The van der Waals surface area contributed by atoms with Crippen LogP contribution in [-0.2, 0) is 21.4 Å². The van der Waals surface area contributed by atoms with E-state index < -0.39 is 10.0 Å². The maximum atomic E-state index is 12.0. The van der Waals surface area contributed by atoms with Crippen molar-refractivity contribution in [2.45, 2.75) is 6.54 Å². The zero-order valence-electron chi connectivity index (χ0n) is 11.5. The second kappa shape index (κ2) is 5.75. The summed E-state index contributed by atoms with van der Waals surface area (Å²) in [4.78, 5) is 17.1. The number of aromatic nitrogens is 3. The topological polar surface area (TPSA) is 100 Å². The molecule has 1 aromatic heterocycles. The molecule has 0 atom stereocenters. The molecule has 0 aliphatic carbocycles. The Morgan fingerprint density at radius 2 is 2.00 bits per heavy atom. The molecule has 2 rings (SSSR count). The SMILES string of the molecule is CN1CCN(C(=O)Cn2ncc(NS(C)(=O)=O)n2)CC1. The van der Waals surface area contributed by atoms with E-state index in [1.807, 2.05) is 7.05 Å². The Morgan fingerprint density at radius 1 is 1.35 bits per heavy atom. The molecule has 0 spiro atoms. The Bertz CT molecular complexity index is 576. The lowest BCUT2D eigenvalue weighted by molar-refractivity contribution is -0.133. The average molecular weight is 302 g/mol. The molecule has 1 saturated heterocycles. The van der Waals surface area contributed by atoms with Crippen LogP contribution in [0.4, 0.5) is 5.82 Å². The lowest BCUT2D eigenvalue weighted by atomic mass is 10.3. The highest BCUT2D eigenvalue weighted by molar-refractivity contribution is 7.92. The number of hydrogen-bond donors (Lipinski definition) is 1. The molecule has 20 heavy (non-hydrogen) atoms. The van der Waals surface area contributed by atoms with Crippen LogP contribution in [0.1, 0.15) is 0 Å². The van der Waals surface area contributed by atoms with Gasteiger partial charge >= 0.3 is 0 Å². The van der Waals surface area contributed by atoms with Crippen LogP contribution in [0.3, 0.4) is 0 Å². The second-order valence-corrected chi connectivity index (χ2v) is 6.57. The molecule has 9 nitrogen and oxygen atoms in total. The van der Waals surface area contributed by atoms with Gasteiger partial charge in [-0.15, -0.1) is 5.10 Å². The maximum Gasteiger partial charge on any atom is 0.246 e. The van der Waals surface area contributed by atoms with Crippen molar-refractivity contribution in [3.05, 3.63) is 6.20 Å². The third kappa shape index (κ3) is 4.17. The third-order valence-corrected chi connectivity index (χ3v) is 3.54. The number of nitrogens with one attached hydrogen (secondary N) is 1. The Hall–Kier alpha value is -1.68. The van der Waals surface area contributed by atoms with E-state index in [2.05, 4.69) is 19.8 Å². The van der Waals surface area contributed by atoms with Crippen LogP contribution in [0.15, 0.2) is 6.20 Å². The van der Waals surface area contributed by atoms with Gasteiger partial charge in [0.25, 0.3) is 0 Å². The van der Waals surface area contributed by atoms with Crippen LogP contribution in [0.25, 0.3) is 0 Å². The van der Waals surface area contributed by atoms with Crippen LogP contribution >= 0.6 is 0 Å². The van der Waals surface area contributed by atoms with Gasteiger partial charge in [0, 0.05) is 26.2 Å². The van der Waals surface area contributed by atoms with Crippen molar-refractivity contribution in [1.29, 1.82) is 0 Å². The fourth-order valence-electron chi connectivity index (χ4n) is 1.89. The van der Waals surface area contributed by atoms with Gasteiger partial charge in [-0.1, -0.05) is 0 Å². The van der Waals surface area contributed by atoms with Gasteiger partial charge in [-0.3, -0.25) is 9.52 Å². The van der Waals surface area contributed by atoms with Gasteiger partial charge < -0.3 is 9.80 Å². The van der Waals surface area contributed by atoms with Gasteiger partial charge in [0.15, 0.2) is 5.82 Å². The van der Waals surface area contributed by atoms with Crippen LogP contribution in [0, 0.1) is 0 Å². The highest BCUT2D eigenvalue weighted by Crippen LogP contribution is 2.04. The normalized spacial score (nSPS) is 17.2. The number of nitrogens with zero attached hydrogens (tertiary/aromatic N) is 5. The average Bonchev–Trinajstić information content (AvgIpc) is 2.74. The number of rotatable bonds is 4. The zero-order chi connectivity index (χ0) is 14.8. The van der Waals surface area contributed by atoms with E-state index in [0.29, 0.717) is 13.1 Å². The van der Waals surface area contributed by atoms with E-state index in [-0.39, 0.29) is 18.3 Å². The molecule has 0 aromatic carbocycles. The van der Waals surface area contributed by atoms with Crippen molar-refractivity contribution >= 4 is 21.7 Å². The number of sulfonamides is 1. The van der Waals surface area contributed by atoms with Gasteiger partial charge in [0.1, 0.15) is 6.54 Å². The fraction of sp³-hybridized carbons (Fsp3) is 0.700. The monoisotopic (exact) mass is 302 g/mol. The summed E-state index contributed by atoms with van der Waals surface area (Å²) in [6, 6.07) is 0. The van der Waals surface area contributed by atoms with Crippen LogP contribution in [-0.4, -0.2) is 78.6 Å². The van der Waals surface area contributed by atoms with E-state index in [1.165, 1.54) is 11.0 Å². The summed E-state index contributed by atoms with van der Waals surface area (Å²) in [7, 11) is -1.37. The summed E-state index contributed by atoms with van der Waals surface area (Å²) in [5.41, 5.74) is 0. The van der Waals surface area contributed by atoms with Gasteiger partial charge in [0.05, 0.1) is 12.5 Å². The Kier molecular flexibility index (Phi) is 4.23. The van der Waals surface area contributed by atoms with Crippen LogP contribution in [0.2, 0.25) is 0 Å². The van der Waals surface area contributed by atoms with E-state index >= 15 is 0 Å². The van der Waals surface area contributed by atoms with Gasteiger partial charge in [0.2, 0.25) is 15.9 Å². The molecule has 1 fully saturated rings. The standard InChI is InChI=1S/C10H18N6O3S/c1-14-3-5-15(6-4-14)10(17)8-16-11-7-9(12-16)13-20(2,18)19/h7H,3-6,8H2,1-2H3,(H,12,13). The van der Waals surface area contributed by atoms with Crippen molar-refractivity contribution in [3.8, 4) is 0 Å². The molecule has 0 bridgehead atoms. The number of carbonyl (C=O) groups excluding carboxylic acids is 1. The third-order valence-electron chi connectivity index (χ3n) is 2.96. The first kappa shape index (κ1) is 14.7. The molecule has 0 saturated carbocycles. The largest absolute Gasteiger partial charge is 0.338 e. The van der Waals surface area contributed by atoms with Crippen molar-refractivity contribution in [3.63, 3.8) is 0 Å². The molecular formula is C10H18N6O3S. The Labute approximate surface area is 117 Å². The molecular weight excluding hydrogens is 284 g/mol. The van der Waals surface area contributed by atoms with E-state index in [1.54, 1.807) is 4.90 Å². The number of piperazine rings is 1. The summed E-state index contributed by atoms with van der Waals surface area (Å²) in [6.45, 7) is 3.07. The minimum Gasteiger partial charge on any atom is -0.338 e. The summed E-state index contributed by atoms with van der Waals surface area (Å²) in [5.74, 6) is 0.0401. The summed E-state index contributed by atoms with van der Waals surface area (Å²) >= 11 is 0. The molecule has 0 unspecified atom stereocenters. The fourth-order valence-corrected chi connectivity index (χ4v) is 2.36. The number of hydrogen-bond acceptors (Lipinski definition) is 6. The second-order valence-electron chi connectivity index (χ2n) is 4.82. The first-order valence-corrected chi connectivity index (χ1v) is 8.07. The number of amides is 1. The lowest BCUT2D eigenvalue weighted by Gasteiger charge is -2.32. The highest BCUT2D eigenvalue weighted by atomic mass is 32.2. The first-order valence-electron chi connectivity index (χ1n) is 6.18. The number of anilines is 1. The zero-order valence-corrected chi connectivity index (χ0v) is 12.3. The predicted octanol–water partition coefficient (Wildman–Crippen LogP) is -1.58. The molecule has 1 aromatic rings. The van der Waals surface area contributed by atoms with Gasteiger partial charge in [-0.25, -0.2) is 8.42 Å². The van der Waals surface area contributed by atoms with E-state index in [4.69, 9.17) is 0 Å². The molecule has 1 aliphatic rings. The van der Waals surface area contributed by atoms with E-state index in [0.717, 1.165) is 19.3 Å². The Morgan fingerprint density at radius 3 is 2.60 bits per heavy atom. The predicted molar refractivity (Wildman–Crippen MR) is 72.6 cm³/mol. The molecule has 10 heteroatoms. The van der Waals surface area contributed by atoms with Crippen molar-refractivity contribution in [2.75, 3.05) is 44.2 Å². The summed E-state index contributed by atoms with van der Waals surface area (Å²) in [6.07, 6.45) is 2.31. The number of likely N-dealkylation sites (N-methyl/N-ethyl adjacent to an activating group) is 1. The van der Waals surface area contributed by atoms with Crippen LogP contribution < -0.4 is 4.72 Å². The van der Waals surface area contributed by atoms with Crippen LogP contribution in [0.5, 0.6) is 0 Å². The van der Waals surface area contributed by atoms with Gasteiger partial charge in [-0.2, -0.15) is 9.90 Å². The maximum absolute atomic E-state index is 12.0. The molecule has 0 radical (unpaired) electrons. The lowest BCUT2D eigenvalue weighted by Crippen LogP contribution is -2.48. The minimum atomic E-state index is -3.39. The Balaban J connectivity index is 1.91. The first-order chi connectivity index (χ1) is 9.33. The molecule has 1 N–H and O–H groups in total. The van der Waals surface area contributed by atoms with Crippen molar-refractivity contribution in [2.24, 2.45) is 0 Å². The smallest absolute Gasteiger partial charge is 0.246 e. The summed E-state index contributed by atoms with van der Waals surface area (Å²) in [5, 5.41) is 7.77. The molecule has 1 aliphatic heterocycles. The summed E-state index contributed by atoms with van der Waals surface area (Å²) < 4.78 is 24.3. The highest BCUT2D eigenvalue weighted by Gasteiger charge is 2.20. The molecule has 112 valence electrons. The molecule has 1 amide bonds. The van der Waals surface area contributed by atoms with E-state index in [9.17, 15) is 13.2 Å². The van der Waals surface area contributed by atoms with Gasteiger partial charge in [-0.05, 0) is 7.05 Å². The quantitative estimate of drug-likeness (QED) is 0.721. The minimum absolute atomic E-state index is 0.00908.